The zero-order chi connectivity index (χ0) is 14.0. The fourth-order valence-electron chi connectivity index (χ4n) is 1.45. The highest BCUT2D eigenvalue weighted by atomic mass is 35.5. The average molecular weight is 298 g/mol. The second kappa shape index (κ2) is 5.45. The van der Waals surface area contributed by atoms with Crippen molar-refractivity contribution < 1.29 is 5.11 Å². The SMILES string of the molecule is CC(C)(C)NCc1nnc(-c2cc(O)ccc2Cl)s1. The van der Waals surface area contributed by atoms with Gasteiger partial charge in [-0.05, 0) is 39.0 Å². The molecule has 0 saturated heterocycles. The van der Waals surface area contributed by atoms with Crippen molar-refractivity contribution in [3.8, 4) is 16.3 Å². The lowest BCUT2D eigenvalue weighted by Gasteiger charge is -2.19. The van der Waals surface area contributed by atoms with E-state index in [9.17, 15) is 5.11 Å². The van der Waals surface area contributed by atoms with Crippen LogP contribution in [0.4, 0.5) is 0 Å². The quantitative estimate of drug-likeness (QED) is 0.911. The van der Waals surface area contributed by atoms with Crippen molar-refractivity contribution >= 4 is 22.9 Å². The van der Waals surface area contributed by atoms with Gasteiger partial charge in [0.2, 0.25) is 0 Å². The predicted octanol–water partition coefficient (Wildman–Crippen LogP) is 3.45. The second-order valence-electron chi connectivity index (χ2n) is 5.27. The van der Waals surface area contributed by atoms with Gasteiger partial charge in [-0.2, -0.15) is 0 Å². The van der Waals surface area contributed by atoms with Crippen LogP contribution in [0.1, 0.15) is 25.8 Å². The smallest absolute Gasteiger partial charge is 0.149 e. The van der Waals surface area contributed by atoms with E-state index in [1.807, 2.05) is 0 Å². The van der Waals surface area contributed by atoms with E-state index in [1.54, 1.807) is 18.2 Å². The third-order valence-electron chi connectivity index (χ3n) is 2.42. The number of phenols is 1. The fraction of sp³-hybridized carbons (Fsp3) is 0.385. The average Bonchev–Trinajstić information content (AvgIpc) is 2.77. The van der Waals surface area contributed by atoms with Crippen LogP contribution < -0.4 is 5.32 Å². The molecule has 0 unspecified atom stereocenters. The Kier molecular flexibility index (Phi) is 4.08. The summed E-state index contributed by atoms with van der Waals surface area (Å²) in [6.45, 7) is 6.96. The predicted molar refractivity (Wildman–Crippen MR) is 78.6 cm³/mol. The summed E-state index contributed by atoms with van der Waals surface area (Å²) < 4.78 is 0. The molecule has 0 atom stereocenters. The molecule has 0 aliphatic rings. The van der Waals surface area contributed by atoms with Gasteiger partial charge >= 0.3 is 0 Å². The van der Waals surface area contributed by atoms with Gasteiger partial charge in [0.25, 0.3) is 0 Å². The zero-order valence-electron chi connectivity index (χ0n) is 11.1. The number of hydrogen-bond acceptors (Lipinski definition) is 5. The van der Waals surface area contributed by atoms with Crippen molar-refractivity contribution in [3.05, 3.63) is 28.2 Å². The number of aromatic nitrogens is 2. The lowest BCUT2D eigenvalue weighted by Crippen LogP contribution is -2.35. The van der Waals surface area contributed by atoms with Crippen molar-refractivity contribution in [2.45, 2.75) is 32.9 Å². The molecule has 0 fully saturated rings. The molecule has 0 aliphatic heterocycles. The normalized spacial score (nSPS) is 11.8. The van der Waals surface area contributed by atoms with Crippen molar-refractivity contribution in [3.63, 3.8) is 0 Å². The number of nitrogens with one attached hydrogen (secondary N) is 1. The molecule has 0 aliphatic carbocycles. The molecule has 6 heteroatoms. The summed E-state index contributed by atoms with van der Waals surface area (Å²) >= 11 is 7.57. The number of phenolic OH excluding ortho intramolecular Hbond substituents is 1. The molecule has 4 nitrogen and oxygen atoms in total. The summed E-state index contributed by atoms with van der Waals surface area (Å²) in [7, 11) is 0. The van der Waals surface area contributed by atoms with Gasteiger partial charge < -0.3 is 10.4 Å². The first-order valence-electron chi connectivity index (χ1n) is 5.91. The van der Waals surface area contributed by atoms with E-state index in [2.05, 4.69) is 36.3 Å². The van der Waals surface area contributed by atoms with Crippen LogP contribution in [0, 0.1) is 0 Å². The molecule has 2 rings (SSSR count). The molecule has 1 aromatic heterocycles. The third-order valence-corrected chi connectivity index (χ3v) is 3.70. The van der Waals surface area contributed by atoms with E-state index >= 15 is 0 Å². The van der Waals surface area contributed by atoms with E-state index in [4.69, 9.17) is 11.6 Å². The molecule has 0 radical (unpaired) electrons. The maximum absolute atomic E-state index is 9.50. The highest BCUT2D eigenvalue weighted by Crippen LogP contribution is 2.32. The Balaban J connectivity index is 2.19. The minimum atomic E-state index is 0.0362. The monoisotopic (exact) mass is 297 g/mol. The number of hydrogen-bond donors (Lipinski definition) is 2. The van der Waals surface area contributed by atoms with Crippen LogP contribution in [0.25, 0.3) is 10.6 Å². The van der Waals surface area contributed by atoms with Crippen LogP contribution in [0.3, 0.4) is 0 Å². The lowest BCUT2D eigenvalue weighted by molar-refractivity contribution is 0.423. The number of nitrogens with zero attached hydrogens (tertiary/aromatic N) is 2. The van der Waals surface area contributed by atoms with E-state index in [0.717, 1.165) is 5.01 Å². The van der Waals surface area contributed by atoms with Crippen LogP contribution in [-0.4, -0.2) is 20.8 Å². The van der Waals surface area contributed by atoms with Gasteiger partial charge in [-0.25, -0.2) is 0 Å². The minimum Gasteiger partial charge on any atom is -0.508 e. The molecule has 0 bridgehead atoms. The van der Waals surface area contributed by atoms with Gasteiger partial charge in [0.1, 0.15) is 15.8 Å². The molecule has 19 heavy (non-hydrogen) atoms. The number of halogens is 1. The maximum Gasteiger partial charge on any atom is 0.149 e. The van der Waals surface area contributed by atoms with E-state index in [-0.39, 0.29) is 11.3 Å². The Morgan fingerprint density at radius 1 is 1.32 bits per heavy atom. The number of benzene rings is 1. The summed E-state index contributed by atoms with van der Waals surface area (Å²) in [5.41, 5.74) is 0.746. The van der Waals surface area contributed by atoms with Gasteiger partial charge in [-0.15, -0.1) is 10.2 Å². The molecule has 102 valence electrons. The van der Waals surface area contributed by atoms with Gasteiger partial charge in [0.05, 0.1) is 11.6 Å². The van der Waals surface area contributed by atoms with Gasteiger partial charge in [0.15, 0.2) is 0 Å². The minimum absolute atomic E-state index is 0.0362. The maximum atomic E-state index is 9.50. The molecule has 0 spiro atoms. The van der Waals surface area contributed by atoms with Crippen LogP contribution in [0.2, 0.25) is 5.02 Å². The lowest BCUT2D eigenvalue weighted by atomic mass is 10.1. The standard InChI is InChI=1S/C13H16ClN3OS/c1-13(2,3)15-7-11-16-17-12(19-11)9-6-8(18)4-5-10(9)14/h4-6,15,18H,7H2,1-3H3. The molecule has 1 aromatic carbocycles. The fourth-order valence-corrected chi connectivity index (χ4v) is 2.52. The van der Waals surface area contributed by atoms with Crippen LogP contribution >= 0.6 is 22.9 Å². The third kappa shape index (κ3) is 3.89. The van der Waals surface area contributed by atoms with Gasteiger partial charge in [0, 0.05) is 11.1 Å². The van der Waals surface area contributed by atoms with Gasteiger partial charge in [-0.1, -0.05) is 22.9 Å². The van der Waals surface area contributed by atoms with Crippen LogP contribution in [0.5, 0.6) is 5.75 Å². The molecule has 1 heterocycles. The highest BCUT2D eigenvalue weighted by molar-refractivity contribution is 7.14. The topological polar surface area (TPSA) is 58.0 Å². The first kappa shape index (κ1) is 14.2. The second-order valence-corrected chi connectivity index (χ2v) is 6.74. The van der Waals surface area contributed by atoms with Crippen LogP contribution in [0.15, 0.2) is 18.2 Å². The summed E-state index contributed by atoms with van der Waals surface area (Å²) in [6.07, 6.45) is 0. The molecule has 2 N–H and O–H groups in total. The summed E-state index contributed by atoms with van der Waals surface area (Å²) in [4.78, 5) is 0. The Morgan fingerprint density at radius 3 is 2.74 bits per heavy atom. The molecule has 0 saturated carbocycles. The van der Waals surface area contributed by atoms with Crippen molar-refractivity contribution in [2.75, 3.05) is 0 Å². The molecule has 0 amide bonds. The first-order valence-corrected chi connectivity index (χ1v) is 7.11. The Bertz CT molecular complexity index is 578. The summed E-state index contributed by atoms with van der Waals surface area (Å²) in [5.74, 6) is 0.170. The van der Waals surface area contributed by atoms with Crippen molar-refractivity contribution in [2.24, 2.45) is 0 Å². The van der Waals surface area contributed by atoms with E-state index in [0.29, 0.717) is 22.1 Å². The van der Waals surface area contributed by atoms with Crippen LogP contribution in [-0.2, 0) is 6.54 Å². The van der Waals surface area contributed by atoms with E-state index < -0.39 is 0 Å². The summed E-state index contributed by atoms with van der Waals surface area (Å²) in [6, 6.07) is 4.81. The van der Waals surface area contributed by atoms with Gasteiger partial charge in [-0.3, -0.25) is 0 Å². The number of rotatable bonds is 3. The largest absolute Gasteiger partial charge is 0.508 e. The number of aromatic hydroxyl groups is 1. The molecular formula is C13H16ClN3OS. The Labute approximate surface area is 121 Å². The van der Waals surface area contributed by atoms with Crippen molar-refractivity contribution in [1.82, 2.24) is 15.5 Å². The Morgan fingerprint density at radius 2 is 2.05 bits per heavy atom. The first-order chi connectivity index (χ1) is 8.85. The Hall–Kier alpha value is -1.17. The summed E-state index contributed by atoms with van der Waals surface area (Å²) in [5, 5.41) is 23.3. The van der Waals surface area contributed by atoms with Crippen molar-refractivity contribution in [1.29, 1.82) is 0 Å². The molecule has 2 aromatic rings. The van der Waals surface area contributed by atoms with E-state index in [1.165, 1.54) is 11.3 Å². The highest BCUT2D eigenvalue weighted by Gasteiger charge is 2.13. The molecular weight excluding hydrogens is 282 g/mol. The zero-order valence-corrected chi connectivity index (χ0v) is 12.6.